The van der Waals surface area contributed by atoms with Gasteiger partial charge in [-0.15, -0.1) is 0 Å². The first-order valence-electron chi connectivity index (χ1n) is 4.38. The largest absolute Gasteiger partial charge is 0.508 e. The molecular weight excluding hydrogens is 166 g/mol. The molecule has 0 radical (unpaired) electrons. The molecule has 1 saturated carbocycles. The second-order valence-corrected chi connectivity index (χ2v) is 3.74. The van der Waals surface area contributed by atoms with Crippen molar-refractivity contribution < 1.29 is 9.90 Å². The number of hydrogen-bond donors (Lipinski definition) is 2. The molecule has 1 spiro atoms. The van der Waals surface area contributed by atoms with E-state index in [0.29, 0.717) is 0 Å². The van der Waals surface area contributed by atoms with Crippen LogP contribution >= 0.6 is 0 Å². The number of amides is 1. The van der Waals surface area contributed by atoms with Crippen molar-refractivity contribution in [3.8, 4) is 5.75 Å². The zero-order valence-electron chi connectivity index (χ0n) is 7.00. The van der Waals surface area contributed by atoms with Crippen LogP contribution in [0.25, 0.3) is 0 Å². The Bertz CT molecular complexity index is 407. The first-order chi connectivity index (χ1) is 6.24. The summed E-state index contributed by atoms with van der Waals surface area (Å²) in [6, 6.07) is 5.22. The molecule has 1 aromatic carbocycles. The van der Waals surface area contributed by atoms with E-state index in [2.05, 4.69) is 5.32 Å². The SMILES string of the molecule is O=C1Nc2cccc(O)c2C12CC2. The first kappa shape index (κ1) is 6.95. The van der Waals surface area contributed by atoms with Crippen molar-refractivity contribution >= 4 is 11.6 Å². The number of anilines is 1. The van der Waals surface area contributed by atoms with Crippen LogP contribution in [-0.2, 0) is 10.2 Å². The van der Waals surface area contributed by atoms with E-state index in [0.717, 1.165) is 24.1 Å². The number of phenolic OH excluding ortho intramolecular Hbond substituents is 1. The summed E-state index contributed by atoms with van der Waals surface area (Å²) in [5.41, 5.74) is 1.21. The zero-order chi connectivity index (χ0) is 9.05. The number of carbonyl (C=O) groups excluding carboxylic acids is 1. The van der Waals surface area contributed by atoms with E-state index < -0.39 is 0 Å². The summed E-state index contributed by atoms with van der Waals surface area (Å²) < 4.78 is 0. The number of benzene rings is 1. The maximum absolute atomic E-state index is 11.5. The van der Waals surface area contributed by atoms with Gasteiger partial charge in [0.05, 0.1) is 5.41 Å². The Hall–Kier alpha value is -1.51. The average molecular weight is 175 g/mol. The van der Waals surface area contributed by atoms with Gasteiger partial charge >= 0.3 is 0 Å². The van der Waals surface area contributed by atoms with Crippen LogP contribution in [0.4, 0.5) is 5.69 Å². The summed E-state index contributed by atoms with van der Waals surface area (Å²) in [7, 11) is 0. The molecule has 0 aromatic heterocycles. The normalized spacial score (nSPS) is 21.4. The Morgan fingerprint density at radius 3 is 2.85 bits per heavy atom. The molecule has 0 atom stereocenters. The highest BCUT2D eigenvalue weighted by molar-refractivity contribution is 6.09. The molecule has 13 heavy (non-hydrogen) atoms. The maximum Gasteiger partial charge on any atom is 0.235 e. The van der Waals surface area contributed by atoms with E-state index in [9.17, 15) is 9.90 Å². The minimum absolute atomic E-state index is 0.0454. The molecule has 3 nitrogen and oxygen atoms in total. The van der Waals surface area contributed by atoms with Gasteiger partial charge < -0.3 is 10.4 Å². The number of nitrogens with one attached hydrogen (secondary N) is 1. The molecule has 1 amide bonds. The Morgan fingerprint density at radius 1 is 1.38 bits per heavy atom. The fraction of sp³-hybridized carbons (Fsp3) is 0.300. The van der Waals surface area contributed by atoms with Crippen molar-refractivity contribution in [2.45, 2.75) is 18.3 Å². The fourth-order valence-electron chi connectivity index (χ4n) is 2.10. The van der Waals surface area contributed by atoms with Gasteiger partial charge in [0.15, 0.2) is 0 Å². The Balaban J connectivity index is 2.30. The number of rotatable bonds is 0. The highest BCUT2D eigenvalue weighted by atomic mass is 16.3. The summed E-state index contributed by atoms with van der Waals surface area (Å²) in [5.74, 6) is 0.289. The van der Waals surface area contributed by atoms with Gasteiger partial charge in [0.25, 0.3) is 0 Å². The third-order valence-electron chi connectivity index (χ3n) is 2.95. The Morgan fingerprint density at radius 2 is 2.15 bits per heavy atom. The van der Waals surface area contributed by atoms with Crippen molar-refractivity contribution in [1.29, 1.82) is 0 Å². The molecule has 0 bridgehead atoms. The lowest BCUT2D eigenvalue weighted by Gasteiger charge is -2.05. The summed E-state index contributed by atoms with van der Waals surface area (Å²) in [4.78, 5) is 11.5. The van der Waals surface area contributed by atoms with Crippen molar-refractivity contribution in [3.63, 3.8) is 0 Å². The lowest BCUT2D eigenvalue weighted by atomic mass is 9.97. The van der Waals surface area contributed by atoms with Gasteiger partial charge in [-0.1, -0.05) is 6.07 Å². The monoisotopic (exact) mass is 175 g/mol. The molecule has 3 heteroatoms. The number of hydrogen-bond acceptors (Lipinski definition) is 2. The lowest BCUT2D eigenvalue weighted by Crippen LogP contribution is -2.18. The highest BCUT2D eigenvalue weighted by Crippen LogP contribution is 2.57. The molecule has 66 valence electrons. The number of carbonyl (C=O) groups is 1. The summed E-state index contributed by atoms with van der Waals surface area (Å²) in [5, 5.41) is 12.4. The van der Waals surface area contributed by atoms with Gasteiger partial charge in [-0.2, -0.15) is 0 Å². The van der Waals surface area contributed by atoms with Crippen LogP contribution in [-0.4, -0.2) is 11.0 Å². The van der Waals surface area contributed by atoms with Crippen LogP contribution in [0.15, 0.2) is 18.2 Å². The average Bonchev–Trinajstić information content (AvgIpc) is 2.79. The molecule has 1 aromatic rings. The smallest absolute Gasteiger partial charge is 0.235 e. The summed E-state index contributed by atoms with van der Waals surface area (Å²) in [6.45, 7) is 0. The predicted molar refractivity (Wildman–Crippen MR) is 47.6 cm³/mol. The third-order valence-corrected chi connectivity index (χ3v) is 2.95. The van der Waals surface area contributed by atoms with Crippen molar-refractivity contribution in [1.82, 2.24) is 0 Å². The van der Waals surface area contributed by atoms with Gasteiger partial charge in [-0.05, 0) is 25.0 Å². The van der Waals surface area contributed by atoms with E-state index in [1.807, 2.05) is 6.07 Å². The molecule has 3 rings (SSSR count). The van der Waals surface area contributed by atoms with E-state index in [1.54, 1.807) is 12.1 Å². The van der Waals surface area contributed by atoms with Crippen molar-refractivity contribution in [2.75, 3.05) is 5.32 Å². The molecule has 0 unspecified atom stereocenters. The van der Waals surface area contributed by atoms with E-state index in [4.69, 9.17) is 0 Å². The maximum atomic E-state index is 11.5. The zero-order valence-corrected chi connectivity index (χ0v) is 7.00. The van der Waals surface area contributed by atoms with Crippen LogP contribution in [0.2, 0.25) is 0 Å². The topological polar surface area (TPSA) is 49.3 Å². The Labute approximate surface area is 75.4 Å². The number of aromatic hydroxyl groups is 1. The third kappa shape index (κ3) is 0.674. The van der Waals surface area contributed by atoms with Gasteiger partial charge in [0, 0.05) is 11.3 Å². The van der Waals surface area contributed by atoms with Crippen LogP contribution in [0.3, 0.4) is 0 Å². The molecular formula is C10H9NO2. The van der Waals surface area contributed by atoms with Gasteiger partial charge in [-0.3, -0.25) is 4.79 Å². The van der Waals surface area contributed by atoms with Crippen molar-refractivity contribution in [2.24, 2.45) is 0 Å². The van der Waals surface area contributed by atoms with E-state index >= 15 is 0 Å². The van der Waals surface area contributed by atoms with Crippen molar-refractivity contribution in [3.05, 3.63) is 23.8 Å². The van der Waals surface area contributed by atoms with E-state index in [-0.39, 0.29) is 17.1 Å². The quantitative estimate of drug-likeness (QED) is 0.625. The van der Waals surface area contributed by atoms with Gasteiger partial charge in [-0.25, -0.2) is 0 Å². The lowest BCUT2D eigenvalue weighted by molar-refractivity contribution is -0.117. The summed E-state index contributed by atoms with van der Waals surface area (Å²) in [6.07, 6.45) is 1.73. The Kier molecular flexibility index (Phi) is 0.998. The van der Waals surface area contributed by atoms with Crippen LogP contribution in [0.1, 0.15) is 18.4 Å². The fourth-order valence-corrected chi connectivity index (χ4v) is 2.10. The molecule has 2 N–H and O–H groups in total. The predicted octanol–water partition coefficient (Wildman–Crippen LogP) is 1.38. The van der Waals surface area contributed by atoms with Gasteiger partial charge in [0.1, 0.15) is 5.75 Å². The number of phenols is 1. The summed E-state index contributed by atoms with van der Waals surface area (Å²) >= 11 is 0. The molecule has 1 heterocycles. The van der Waals surface area contributed by atoms with Crippen LogP contribution in [0, 0.1) is 0 Å². The van der Waals surface area contributed by atoms with E-state index in [1.165, 1.54) is 0 Å². The molecule has 1 fully saturated rings. The second-order valence-electron chi connectivity index (χ2n) is 3.74. The van der Waals surface area contributed by atoms with Gasteiger partial charge in [0.2, 0.25) is 5.91 Å². The molecule has 2 aliphatic rings. The molecule has 1 aliphatic carbocycles. The van der Waals surface area contributed by atoms with Crippen LogP contribution < -0.4 is 5.32 Å². The first-order valence-corrected chi connectivity index (χ1v) is 4.38. The second kappa shape index (κ2) is 1.87. The standard InChI is InChI=1S/C10H9NO2/c12-7-3-1-2-6-8(7)10(4-5-10)9(13)11-6/h1-3,12H,4-5H2,(H,11,13). The minimum atomic E-state index is -0.374. The molecule has 1 aliphatic heterocycles. The number of fused-ring (bicyclic) bond motifs is 2. The molecule has 0 saturated heterocycles. The van der Waals surface area contributed by atoms with Crippen LogP contribution in [0.5, 0.6) is 5.75 Å². The highest BCUT2D eigenvalue weighted by Gasteiger charge is 2.57. The minimum Gasteiger partial charge on any atom is -0.508 e.